The molecule has 0 heterocycles. The van der Waals surface area contributed by atoms with Crippen LogP contribution in [0.15, 0.2) is 70.7 Å². The first kappa shape index (κ1) is 14.2. The van der Waals surface area contributed by atoms with Crippen molar-refractivity contribution in [1.82, 2.24) is 0 Å². The molecule has 1 nitrogen and oxygen atoms in total. The summed E-state index contributed by atoms with van der Waals surface area (Å²) in [7, 11) is 0. The van der Waals surface area contributed by atoms with Gasteiger partial charge in [-0.3, -0.25) is 0 Å². The molecule has 0 unspecified atom stereocenters. The topological polar surface area (TPSA) is 9.23 Å². The molecular formula is C18H14Cl2O. The van der Waals surface area contributed by atoms with Crippen molar-refractivity contribution in [2.75, 3.05) is 0 Å². The molecule has 0 fully saturated rings. The number of allylic oxidation sites excluding steroid dienone is 4. The van der Waals surface area contributed by atoms with Gasteiger partial charge in [0.25, 0.3) is 0 Å². The zero-order valence-electron chi connectivity index (χ0n) is 11.4. The monoisotopic (exact) mass is 316 g/mol. The van der Waals surface area contributed by atoms with Crippen LogP contribution in [0.25, 0.3) is 5.57 Å². The van der Waals surface area contributed by atoms with Gasteiger partial charge in [-0.1, -0.05) is 59.6 Å². The van der Waals surface area contributed by atoms with Crippen LogP contribution in [0.3, 0.4) is 0 Å². The Morgan fingerprint density at radius 3 is 2.14 bits per heavy atom. The van der Waals surface area contributed by atoms with Gasteiger partial charge in [-0.05, 0) is 42.7 Å². The molecule has 106 valence electrons. The molecule has 1 aliphatic carbocycles. The SMILES string of the molecule is ClC1=CCCC(Cl)=C1c1ccc(Oc2ccccc2)cc1. The Labute approximate surface area is 134 Å². The molecule has 0 atom stereocenters. The summed E-state index contributed by atoms with van der Waals surface area (Å²) >= 11 is 12.6. The van der Waals surface area contributed by atoms with Gasteiger partial charge in [0.15, 0.2) is 0 Å². The van der Waals surface area contributed by atoms with Crippen molar-refractivity contribution in [3.05, 3.63) is 76.3 Å². The number of benzene rings is 2. The first-order valence-corrected chi connectivity index (χ1v) is 7.57. The first-order chi connectivity index (χ1) is 10.2. The van der Waals surface area contributed by atoms with Crippen LogP contribution in [0.5, 0.6) is 11.5 Å². The number of rotatable bonds is 3. The van der Waals surface area contributed by atoms with Crippen LogP contribution in [0.2, 0.25) is 0 Å². The van der Waals surface area contributed by atoms with E-state index in [-0.39, 0.29) is 0 Å². The number of halogens is 2. The molecule has 3 rings (SSSR count). The molecule has 0 aromatic heterocycles. The Bertz CT molecular complexity index is 685. The highest BCUT2D eigenvalue weighted by Gasteiger charge is 2.15. The van der Waals surface area contributed by atoms with E-state index in [1.807, 2.05) is 60.7 Å². The summed E-state index contributed by atoms with van der Waals surface area (Å²) in [5, 5.41) is 1.54. The molecule has 0 aliphatic heterocycles. The largest absolute Gasteiger partial charge is 0.457 e. The first-order valence-electron chi connectivity index (χ1n) is 6.82. The van der Waals surface area contributed by atoms with E-state index in [9.17, 15) is 0 Å². The molecule has 2 aromatic rings. The molecule has 0 amide bonds. The van der Waals surface area contributed by atoms with Crippen molar-refractivity contribution in [3.63, 3.8) is 0 Å². The molecule has 2 aromatic carbocycles. The average molecular weight is 317 g/mol. The minimum Gasteiger partial charge on any atom is -0.457 e. The molecule has 3 heteroatoms. The maximum Gasteiger partial charge on any atom is 0.127 e. The zero-order chi connectivity index (χ0) is 14.7. The Kier molecular flexibility index (Phi) is 4.33. The number of para-hydroxylation sites is 1. The quantitative estimate of drug-likeness (QED) is 0.641. The molecule has 0 saturated heterocycles. The summed E-state index contributed by atoms with van der Waals surface area (Å²) in [5.41, 5.74) is 1.94. The molecular weight excluding hydrogens is 303 g/mol. The maximum absolute atomic E-state index is 6.30. The van der Waals surface area contributed by atoms with Gasteiger partial charge in [-0.15, -0.1) is 0 Å². The van der Waals surface area contributed by atoms with Gasteiger partial charge in [-0.2, -0.15) is 0 Å². The average Bonchev–Trinajstić information content (AvgIpc) is 2.50. The Balaban J connectivity index is 1.83. The minimum absolute atomic E-state index is 0.725. The van der Waals surface area contributed by atoms with Crippen molar-refractivity contribution in [2.45, 2.75) is 12.8 Å². The van der Waals surface area contributed by atoms with Crippen LogP contribution >= 0.6 is 23.2 Å². The molecule has 0 saturated carbocycles. The van der Waals surface area contributed by atoms with Crippen LogP contribution in [0.1, 0.15) is 18.4 Å². The third-order valence-corrected chi connectivity index (χ3v) is 4.04. The Morgan fingerprint density at radius 2 is 1.48 bits per heavy atom. The van der Waals surface area contributed by atoms with Crippen LogP contribution in [0, 0.1) is 0 Å². The summed E-state index contributed by atoms with van der Waals surface area (Å²) in [6.45, 7) is 0. The second-order valence-electron chi connectivity index (χ2n) is 4.81. The van der Waals surface area contributed by atoms with Crippen LogP contribution < -0.4 is 4.74 Å². The van der Waals surface area contributed by atoms with E-state index in [0.717, 1.165) is 45.5 Å². The molecule has 0 radical (unpaired) electrons. The highest BCUT2D eigenvalue weighted by atomic mass is 35.5. The lowest BCUT2D eigenvalue weighted by Gasteiger charge is -2.15. The van der Waals surface area contributed by atoms with Crippen LogP contribution in [-0.2, 0) is 0 Å². The standard InChI is InChI=1S/C18H14Cl2O/c19-16-7-4-8-17(20)18(16)13-9-11-15(12-10-13)21-14-5-2-1-3-6-14/h1-3,5-7,9-12H,4,8H2. The van der Waals surface area contributed by atoms with Gasteiger partial charge in [0.2, 0.25) is 0 Å². The Hall–Kier alpha value is -1.70. The predicted molar refractivity (Wildman–Crippen MR) is 88.9 cm³/mol. The predicted octanol–water partition coefficient (Wildman–Crippen LogP) is 6.35. The van der Waals surface area contributed by atoms with Crippen molar-refractivity contribution in [2.24, 2.45) is 0 Å². The van der Waals surface area contributed by atoms with Crippen molar-refractivity contribution in [3.8, 4) is 11.5 Å². The molecule has 0 bridgehead atoms. The van der Waals surface area contributed by atoms with E-state index in [2.05, 4.69) is 0 Å². The lowest BCUT2D eigenvalue weighted by atomic mass is 9.99. The van der Waals surface area contributed by atoms with Gasteiger partial charge in [-0.25, -0.2) is 0 Å². The lowest BCUT2D eigenvalue weighted by Crippen LogP contribution is -1.94. The number of hydrogen-bond donors (Lipinski definition) is 0. The molecule has 1 aliphatic rings. The van der Waals surface area contributed by atoms with E-state index >= 15 is 0 Å². The van der Waals surface area contributed by atoms with Gasteiger partial charge < -0.3 is 4.74 Å². The third kappa shape index (κ3) is 3.31. The zero-order valence-corrected chi connectivity index (χ0v) is 12.9. The third-order valence-electron chi connectivity index (χ3n) is 3.32. The van der Waals surface area contributed by atoms with Crippen LogP contribution in [-0.4, -0.2) is 0 Å². The fourth-order valence-electron chi connectivity index (χ4n) is 2.29. The van der Waals surface area contributed by atoms with Gasteiger partial charge >= 0.3 is 0 Å². The second-order valence-corrected chi connectivity index (χ2v) is 5.67. The summed E-state index contributed by atoms with van der Waals surface area (Å²) in [6, 6.07) is 17.5. The summed E-state index contributed by atoms with van der Waals surface area (Å²) in [4.78, 5) is 0. The Morgan fingerprint density at radius 1 is 0.810 bits per heavy atom. The number of hydrogen-bond acceptors (Lipinski definition) is 1. The van der Waals surface area contributed by atoms with E-state index in [1.54, 1.807) is 0 Å². The molecule has 21 heavy (non-hydrogen) atoms. The smallest absolute Gasteiger partial charge is 0.127 e. The fraction of sp³-hybridized carbons (Fsp3) is 0.111. The summed E-state index contributed by atoms with van der Waals surface area (Å²) in [6.07, 6.45) is 3.75. The van der Waals surface area contributed by atoms with Crippen molar-refractivity contribution < 1.29 is 4.74 Å². The minimum atomic E-state index is 0.725. The van der Waals surface area contributed by atoms with E-state index in [0.29, 0.717) is 0 Å². The highest BCUT2D eigenvalue weighted by Crippen LogP contribution is 2.37. The van der Waals surface area contributed by atoms with E-state index in [1.165, 1.54) is 0 Å². The lowest BCUT2D eigenvalue weighted by molar-refractivity contribution is 0.482. The normalized spacial score (nSPS) is 14.9. The second kappa shape index (κ2) is 6.38. The number of ether oxygens (including phenoxy) is 1. The summed E-state index contributed by atoms with van der Waals surface area (Å²) in [5.74, 6) is 1.61. The van der Waals surface area contributed by atoms with E-state index in [4.69, 9.17) is 27.9 Å². The van der Waals surface area contributed by atoms with Gasteiger partial charge in [0.05, 0.1) is 0 Å². The maximum atomic E-state index is 6.30. The van der Waals surface area contributed by atoms with Gasteiger partial charge in [0, 0.05) is 15.6 Å². The van der Waals surface area contributed by atoms with Crippen molar-refractivity contribution in [1.29, 1.82) is 0 Å². The molecule has 0 spiro atoms. The van der Waals surface area contributed by atoms with Gasteiger partial charge in [0.1, 0.15) is 11.5 Å². The highest BCUT2D eigenvalue weighted by molar-refractivity contribution is 6.42. The molecule has 0 N–H and O–H groups in total. The summed E-state index contributed by atoms with van der Waals surface area (Å²) < 4.78 is 5.78. The fourth-order valence-corrected chi connectivity index (χ4v) is 2.99. The van der Waals surface area contributed by atoms with Crippen molar-refractivity contribution >= 4 is 28.8 Å². The van der Waals surface area contributed by atoms with E-state index < -0.39 is 0 Å². The van der Waals surface area contributed by atoms with Crippen LogP contribution in [0.4, 0.5) is 0 Å².